The Labute approximate surface area is 117 Å². The Morgan fingerprint density at radius 1 is 1.30 bits per heavy atom. The van der Waals surface area contributed by atoms with Gasteiger partial charge in [0.1, 0.15) is 15.5 Å². The van der Waals surface area contributed by atoms with Crippen molar-refractivity contribution in [1.29, 1.82) is 0 Å². The summed E-state index contributed by atoms with van der Waals surface area (Å²) in [4.78, 5) is 38.7. The monoisotopic (exact) mass is 296 g/mol. The van der Waals surface area contributed by atoms with E-state index in [4.69, 9.17) is 10.2 Å². The summed E-state index contributed by atoms with van der Waals surface area (Å²) in [5, 5.41) is 18.0. The second-order valence-electron chi connectivity index (χ2n) is 4.30. The van der Waals surface area contributed by atoms with Gasteiger partial charge in [-0.1, -0.05) is 0 Å². The molecule has 0 bridgehead atoms. The van der Waals surface area contributed by atoms with Gasteiger partial charge in [0.2, 0.25) is 0 Å². The molecule has 0 aliphatic carbocycles. The van der Waals surface area contributed by atoms with Crippen molar-refractivity contribution in [3.05, 3.63) is 26.6 Å². The van der Waals surface area contributed by atoms with Gasteiger partial charge in [0.05, 0.1) is 11.8 Å². The van der Waals surface area contributed by atoms with Crippen LogP contribution in [0.25, 0.3) is 10.2 Å². The molecule has 106 valence electrons. The number of aryl methyl sites for hydroxylation is 2. The number of carboxylic acid groups (broad SMARTS) is 2. The Morgan fingerprint density at radius 3 is 2.50 bits per heavy atom. The average Bonchev–Trinajstić information content (AvgIpc) is 2.65. The molecule has 0 amide bonds. The molecule has 0 unspecified atom stereocenters. The maximum Gasteiger partial charge on any atom is 0.346 e. The van der Waals surface area contributed by atoms with Crippen molar-refractivity contribution in [2.75, 3.05) is 0 Å². The molecule has 7 nitrogen and oxygen atoms in total. The first-order valence-corrected chi connectivity index (χ1v) is 6.60. The van der Waals surface area contributed by atoms with Crippen LogP contribution in [0.5, 0.6) is 0 Å². The van der Waals surface area contributed by atoms with Gasteiger partial charge < -0.3 is 10.2 Å². The molecule has 2 aromatic heterocycles. The summed E-state index contributed by atoms with van der Waals surface area (Å²) in [6, 6.07) is 0. The minimum absolute atomic E-state index is 0.0145. The van der Waals surface area contributed by atoms with E-state index in [-0.39, 0.29) is 23.2 Å². The van der Waals surface area contributed by atoms with E-state index in [1.54, 1.807) is 13.8 Å². The lowest BCUT2D eigenvalue weighted by molar-refractivity contribution is -0.137. The third-order valence-electron chi connectivity index (χ3n) is 2.98. The van der Waals surface area contributed by atoms with E-state index in [9.17, 15) is 14.4 Å². The fourth-order valence-corrected chi connectivity index (χ4v) is 3.05. The van der Waals surface area contributed by atoms with Crippen LogP contribution < -0.4 is 5.56 Å². The summed E-state index contributed by atoms with van der Waals surface area (Å²) in [5.74, 6) is -1.73. The number of aromatic carboxylic acids is 1. The number of nitrogens with zero attached hydrogens (tertiary/aromatic N) is 2. The number of thiophene rings is 1. The number of aliphatic carboxylic acids is 1. The smallest absolute Gasteiger partial charge is 0.346 e. The van der Waals surface area contributed by atoms with Crippen LogP contribution in [0.3, 0.4) is 0 Å². The molecule has 0 radical (unpaired) electrons. The molecule has 0 aliphatic heterocycles. The Morgan fingerprint density at radius 2 is 1.95 bits per heavy atom. The summed E-state index contributed by atoms with van der Waals surface area (Å²) in [7, 11) is 0. The van der Waals surface area contributed by atoms with Gasteiger partial charge >= 0.3 is 11.9 Å². The molecule has 0 atom stereocenters. The largest absolute Gasteiger partial charge is 0.481 e. The fraction of sp³-hybridized carbons (Fsp3) is 0.333. The Bertz CT molecular complexity index is 774. The molecule has 2 heterocycles. The molecule has 0 fully saturated rings. The van der Waals surface area contributed by atoms with E-state index >= 15 is 0 Å². The van der Waals surface area contributed by atoms with Crippen LogP contribution >= 0.6 is 11.3 Å². The maximum absolute atomic E-state index is 12.4. The number of rotatable bonds is 4. The standard InChI is InChI=1S/C12H12N2O5S/c1-5-8-10(20-9(5)12(18)19)13-6(2)14(11(8)17)4-3-7(15)16/h3-4H2,1-2H3,(H,15,16)(H,18,19). The lowest BCUT2D eigenvalue weighted by Crippen LogP contribution is -2.25. The first-order chi connectivity index (χ1) is 9.32. The van der Waals surface area contributed by atoms with Crippen molar-refractivity contribution in [2.24, 2.45) is 0 Å². The van der Waals surface area contributed by atoms with Crippen LogP contribution in [0.2, 0.25) is 0 Å². The first kappa shape index (κ1) is 14.2. The number of fused-ring (bicyclic) bond motifs is 1. The molecule has 0 aromatic carbocycles. The molecule has 0 spiro atoms. The SMILES string of the molecule is Cc1c(C(=O)O)sc2nc(C)n(CCC(=O)O)c(=O)c12. The quantitative estimate of drug-likeness (QED) is 0.878. The third-order valence-corrected chi connectivity index (χ3v) is 4.16. The van der Waals surface area contributed by atoms with Gasteiger partial charge in [-0.25, -0.2) is 9.78 Å². The van der Waals surface area contributed by atoms with E-state index in [0.29, 0.717) is 16.2 Å². The van der Waals surface area contributed by atoms with Crippen LogP contribution in [-0.4, -0.2) is 31.7 Å². The molecule has 0 aliphatic rings. The highest BCUT2D eigenvalue weighted by atomic mass is 32.1. The predicted octanol–water partition coefficient (Wildman–Crippen LogP) is 1.25. The number of carboxylic acids is 2. The highest BCUT2D eigenvalue weighted by Crippen LogP contribution is 2.27. The van der Waals surface area contributed by atoms with Crippen LogP contribution in [0.4, 0.5) is 0 Å². The van der Waals surface area contributed by atoms with Gasteiger partial charge in [-0.3, -0.25) is 14.2 Å². The number of hydrogen-bond acceptors (Lipinski definition) is 5. The number of aromatic nitrogens is 2. The van der Waals surface area contributed by atoms with Crippen molar-refractivity contribution >= 4 is 33.5 Å². The molecule has 0 saturated carbocycles. The zero-order valence-corrected chi connectivity index (χ0v) is 11.7. The lowest BCUT2D eigenvalue weighted by atomic mass is 10.2. The summed E-state index contributed by atoms with van der Waals surface area (Å²) in [5.41, 5.74) is -0.0194. The molecule has 0 saturated heterocycles. The highest BCUT2D eigenvalue weighted by molar-refractivity contribution is 7.20. The number of hydrogen-bond donors (Lipinski definition) is 2. The Kier molecular flexibility index (Phi) is 3.58. The molecule has 20 heavy (non-hydrogen) atoms. The fourth-order valence-electron chi connectivity index (χ4n) is 1.99. The van der Waals surface area contributed by atoms with Crippen LogP contribution in [0.1, 0.15) is 27.5 Å². The first-order valence-electron chi connectivity index (χ1n) is 5.78. The predicted molar refractivity (Wildman–Crippen MR) is 72.6 cm³/mol. The van der Waals surface area contributed by atoms with Crippen molar-refractivity contribution in [1.82, 2.24) is 9.55 Å². The van der Waals surface area contributed by atoms with Crippen molar-refractivity contribution < 1.29 is 19.8 Å². The highest BCUT2D eigenvalue weighted by Gasteiger charge is 2.20. The van der Waals surface area contributed by atoms with E-state index in [1.807, 2.05) is 0 Å². The average molecular weight is 296 g/mol. The van der Waals surface area contributed by atoms with Crippen molar-refractivity contribution in [2.45, 2.75) is 26.8 Å². The Hall–Kier alpha value is -2.22. The second kappa shape index (κ2) is 5.04. The topological polar surface area (TPSA) is 109 Å². The van der Waals surface area contributed by atoms with Gasteiger partial charge in [-0.2, -0.15) is 0 Å². The van der Waals surface area contributed by atoms with Crippen LogP contribution in [-0.2, 0) is 11.3 Å². The van der Waals surface area contributed by atoms with E-state index in [2.05, 4.69) is 4.98 Å². The summed E-state index contributed by atoms with van der Waals surface area (Å²) < 4.78 is 1.27. The van der Waals surface area contributed by atoms with Crippen molar-refractivity contribution in [3.8, 4) is 0 Å². The maximum atomic E-state index is 12.4. The van der Waals surface area contributed by atoms with Gasteiger partial charge in [-0.05, 0) is 19.4 Å². The number of carbonyl (C=O) groups is 2. The molecule has 2 rings (SSSR count). The normalized spacial score (nSPS) is 10.9. The van der Waals surface area contributed by atoms with Crippen LogP contribution in [0.15, 0.2) is 4.79 Å². The van der Waals surface area contributed by atoms with Gasteiger partial charge in [-0.15, -0.1) is 11.3 Å². The van der Waals surface area contributed by atoms with Crippen molar-refractivity contribution in [3.63, 3.8) is 0 Å². The molecule has 2 aromatic rings. The third kappa shape index (κ3) is 2.29. The van der Waals surface area contributed by atoms with E-state index in [0.717, 1.165) is 11.3 Å². The van der Waals surface area contributed by atoms with E-state index in [1.165, 1.54) is 4.57 Å². The molecular formula is C12H12N2O5S. The van der Waals surface area contributed by atoms with Crippen LogP contribution in [0, 0.1) is 13.8 Å². The lowest BCUT2D eigenvalue weighted by Gasteiger charge is -2.07. The molecule has 8 heteroatoms. The van der Waals surface area contributed by atoms with E-state index < -0.39 is 17.5 Å². The minimum Gasteiger partial charge on any atom is -0.481 e. The summed E-state index contributed by atoms with van der Waals surface area (Å²) >= 11 is 0.953. The molecular weight excluding hydrogens is 284 g/mol. The minimum atomic E-state index is -1.10. The second-order valence-corrected chi connectivity index (χ2v) is 5.30. The molecule has 2 N–H and O–H groups in total. The summed E-state index contributed by atoms with van der Waals surface area (Å²) in [6.45, 7) is 3.17. The summed E-state index contributed by atoms with van der Waals surface area (Å²) in [6.07, 6.45) is -0.192. The van der Waals surface area contributed by atoms with Gasteiger partial charge in [0, 0.05) is 6.54 Å². The zero-order valence-electron chi connectivity index (χ0n) is 10.8. The zero-order chi connectivity index (χ0) is 15.0. The van der Waals surface area contributed by atoms with Gasteiger partial charge in [0.15, 0.2) is 0 Å². The van der Waals surface area contributed by atoms with Gasteiger partial charge in [0.25, 0.3) is 5.56 Å². The Balaban J connectivity index is 2.68.